The lowest BCUT2D eigenvalue weighted by Crippen LogP contribution is -2.26. The standard InChI is InChI=1S/C14H23N3/c1-4-13-6-5-7-14(15-13)17-9-8-12(11-17)10-16(2)3/h5-7,12H,4,8-11H2,1-3H3/t12-/m1/s1. The third kappa shape index (κ3) is 3.19. The lowest BCUT2D eigenvalue weighted by atomic mass is 10.1. The average molecular weight is 233 g/mol. The van der Waals surface area contributed by atoms with Gasteiger partial charge in [-0.1, -0.05) is 13.0 Å². The summed E-state index contributed by atoms with van der Waals surface area (Å²) >= 11 is 0. The Bertz CT molecular complexity index is 362. The summed E-state index contributed by atoms with van der Waals surface area (Å²) in [5.74, 6) is 1.95. The number of aromatic nitrogens is 1. The van der Waals surface area contributed by atoms with Crippen LogP contribution in [-0.4, -0.2) is 43.6 Å². The van der Waals surface area contributed by atoms with Gasteiger partial charge in [0.25, 0.3) is 0 Å². The number of nitrogens with zero attached hydrogens (tertiary/aromatic N) is 3. The molecule has 0 amide bonds. The molecule has 2 rings (SSSR count). The van der Waals surface area contributed by atoms with Crippen LogP contribution in [0.2, 0.25) is 0 Å². The van der Waals surface area contributed by atoms with Gasteiger partial charge in [0.15, 0.2) is 0 Å². The van der Waals surface area contributed by atoms with Crippen molar-refractivity contribution in [1.29, 1.82) is 0 Å². The molecule has 1 fully saturated rings. The predicted octanol–water partition coefficient (Wildman–Crippen LogP) is 2.03. The first-order chi connectivity index (χ1) is 8.19. The molecule has 0 radical (unpaired) electrons. The Balaban J connectivity index is 1.99. The van der Waals surface area contributed by atoms with Crippen molar-refractivity contribution in [2.24, 2.45) is 5.92 Å². The molecule has 1 saturated heterocycles. The van der Waals surface area contributed by atoms with E-state index in [1.807, 2.05) is 0 Å². The largest absolute Gasteiger partial charge is 0.356 e. The van der Waals surface area contributed by atoms with Crippen LogP contribution in [0.1, 0.15) is 19.0 Å². The maximum Gasteiger partial charge on any atom is 0.128 e. The van der Waals surface area contributed by atoms with E-state index in [1.165, 1.54) is 18.7 Å². The van der Waals surface area contributed by atoms with Crippen molar-refractivity contribution in [3.8, 4) is 0 Å². The van der Waals surface area contributed by atoms with Crippen molar-refractivity contribution in [1.82, 2.24) is 9.88 Å². The molecule has 0 bridgehead atoms. The van der Waals surface area contributed by atoms with Gasteiger partial charge in [-0.2, -0.15) is 0 Å². The van der Waals surface area contributed by atoms with Gasteiger partial charge in [0.2, 0.25) is 0 Å². The lowest BCUT2D eigenvalue weighted by Gasteiger charge is -2.19. The number of pyridine rings is 1. The fraction of sp³-hybridized carbons (Fsp3) is 0.643. The van der Waals surface area contributed by atoms with Crippen LogP contribution in [0.25, 0.3) is 0 Å². The first kappa shape index (κ1) is 12.4. The number of hydrogen-bond donors (Lipinski definition) is 0. The van der Waals surface area contributed by atoms with E-state index in [2.05, 4.69) is 49.0 Å². The summed E-state index contributed by atoms with van der Waals surface area (Å²) < 4.78 is 0. The van der Waals surface area contributed by atoms with E-state index >= 15 is 0 Å². The third-order valence-electron chi connectivity index (χ3n) is 3.39. The number of rotatable bonds is 4. The SMILES string of the molecule is CCc1cccc(N2CC[C@H](CN(C)C)C2)n1. The van der Waals surface area contributed by atoms with Crippen molar-refractivity contribution in [2.45, 2.75) is 19.8 Å². The fourth-order valence-corrected chi connectivity index (χ4v) is 2.55. The summed E-state index contributed by atoms with van der Waals surface area (Å²) in [6, 6.07) is 6.37. The molecule has 1 aromatic rings. The minimum Gasteiger partial charge on any atom is -0.356 e. The third-order valence-corrected chi connectivity index (χ3v) is 3.39. The first-order valence-corrected chi connectivity index (χ1v) is 6.54. The van der Waals surface area contributed by atoms with Crippen LogP contribution >= 0.6 is 0 Å². The van der Waals surface area contributed by atoms with Crippen LogP contribution in [0.5, 0.6) is 0 Å². The minimum atomic E-state index is 0.789. The molecular formula is C14H23N3. The highest BCUT2D eigenvalue weighted by atomic mass is 15.2. The molecule has 3 nitrogen and oxygen atoms in total. The zero-order valence-electron chi connectivity index (χ0n) is 11.2. The van der Waals surface area contributed by atoms with Gasteiger partial charge in [0.05, 0.1) is 0 Å². The maximum absolute atomic E-state index is 4.70. The van der Waals surface area contributed by atoms with E-state index < -0.39 is 0 Å². The molecule has 1 atom stereocenters. The van der Waals surface area contributed by atoms with Crippen molar-refractivity contribution in [3.63, 3.8) is 0 Å². The van der Waals surface area contributed by atoms with Crippen LogP contribution < -0.4 is 4.90 Å². The Morgan fingerprint density at radius 1 is 1.41 bits per heavy atom. The van der Waals surface area contributed by atoms with Gasteiger partial charge < -0.3 is 9.80 Å². The summed E-state index contributed by atoms with van der Waals surface area (Å²) in [7, 11) is 4.30. The van der Waals surface area contributed by atoms with Gasteiger partial charge in [0, 0.05) is 25.3 Å². The second-order valence-electron chi connectivity index (χ2n) is 5.20. The first-order valence-electron chi connectivity index (χ1n) is 6.54. The molecule has 1 aromatic heterocycles. The van der Waals surface area contributed by atoms with Gasteiger partial charge in [-0.15, -0.1) is 0 Å². The van der Waals surface area contributed by atoms with Crippen LogP contribution in [0.3, 0.4) is 0 Å². The number of hydrogen-bond acceptors (Lipinski definition) is 3. The van der Waals surface area contributed by atoms with E-state index in [0.29, 0.717) is 0 Å². The van der Waals surface area contributed by atoms with E-state index in [0.717, 1.165) is 31.2 Å². The lowest BCUT2D eigenvalue weighted by molar-refractivity contribution is 0.340. The Labute approximate surface area is 104 Å². The molecule has 2 heterocycles. The van der Waals surface area contributed by atoms with Crippen molar-refractivity contribution in [2.75, 3.05) is 38.6 Å². The molecule has 3 heteroatoms. The fourth-order valence-electron chi connectivity index (χ4n) is 2.55. The van der Waals surface area contributed by atoms with Gasteiger partial charge in [-0.05, 0) is 45.0 Å². The second kappa shape index (κ2) is 5.50. The summed E-state index contributed by atoms with van der Waals surface area (Å²) in [5, 5.41) is 0. The van der Waals surface area contributed by atoms with Crippen LogP contribution in [0, 0.1) is 5.92 Å². The molecular weight excluding hydrogens is 210 g/mol. The predicted molar refractivity (Wildman–Crippen MR) is 72.5 cm³/mol. The Hall–Kier alpha value is -1.09. The smallest absolute Gasteiger partial charge is 0.128 e. The second-order valence-corrected chi connectivity index (χ2v) is 5.20. The van der Waals surface area contributed by atoms with Gasteiger partial charge in [0.1, 0.15) is 5.82 Å². The number of anilines is 1. The van der Waals surface area contributed by atoms with Gasteiger partial charge in [-0.25, -0.2) is 4.98 Å². The van der Waals surface area contributed by atoms with Gasteiger partial charge >= 0.3 is 0 Å². The molecule has 0 N–H and O–H groups in total. The molecule has 0 saturated carbocycles. The topological polar surface area (TPSA) is 19.4 Å². The highest BCUT2D eigenvalue weighted by Crippen LogP contribution is 2.22. The van der Waals surface area contributed by atoms with E-state index in [-0.39, 0.29) is 0 Å². The van der Waals surface area contributed by atoms with Crippen LogP contribution in [-0.2, 0) is 6.42 Å². The molecule has 94 valence electrons. The van der Waals surface area contributed by atoms with E-state index in [4.69, 9.17) is 4.98 Å². The van der Waals surface area contributed by atoms with E-state index in [1.54, 1.807) is 0 Å². The Morgan fingerprint density at radius 2 is 2.24 bits per heavy atom. The van der Waals surface area contributed by atoms with Crippen LogP contribution in [0.4, 0.5) is 5.82 Å². The number of aryl methyl sites for hydroxylation is 1. The van der Waals surface area contributed by atoms with Crippen molar-refractivity contribution in [3.05, 3.63) is 23.9 Å². The summed E-state index contributed by atoms with van der Waals surface area (Å²) in [5.41, 5.74) is 1.19. The summed E-state index contributed by atoms with van der Waals surface area (Å²) in [4.78, 5) is 9.40. The zero-order chi connectivity index (χ0) is 12.3. The molecule has 1 aliphatic rings. The molecule has 0 aliphatic carbocycles. The molecule has 17 heavy (non-hydrogen) atoms. The summed E-state index contributed by atoms with van der Waals surface area (Å²) in [6.45, 7) is 5.64. The highest BCUT2D eigenvalue weighted by molar-refractivity contribution is 5.40. The maximum atomic E-state index is 4.70. The van der Waals surface area contributed by atoms with E-state index in [9.17, 15) is 0 Å². The molecule has 0 unspecified atom stereocenters. The summed E-state index contributed by atoms with van der Waals surface area (Å²) in [6.07, 6.45) is 2.30. The Kier molecular flexibility index (Phi) is 4.00. The van der Waals surface area contributed by atoms with Gasteiger partial charge in [-0.3, -0.25) is 0 Å². The Morgan fingerprint density at radius 3 is 2.94 bits per heavy atom. The van der Waals surface area contributed by atoms with Crippen molar-refractivity contribution < 1.29 is 0 Å². The highest BCUT2D eigenvalue weighted by Gasteiger charge is 2.23. The van der Waals surface area contributed by atoms with Crippen LogP contribution in [0.15, 0.2) is 18.2 Å². The monoisotopic (exact) mass is 233 g/mol. The molecule has 0 aromatic carbocycles. The van der Waals surface area contributed by atoms with Crippen molar-refractivity contribution >= 4 is 5.82 Å². The molecule has 1 aliphatic heterocycles. The average Bonchev–Trinajstić information content (AvgIpc) is 2.77. The normalized spacial score (nSPS) is 20.2. The molecule has 0 spiro atoms. The minimum absolute atomic E-state index is 0.789. The quantitative estimate of drug-likeness (QED) is 0.793. The zero-order valence-corrected chi connectivity index (χ0v) is 11.2.